The van der Waals surface area contributed by atoms with Gasteiger partial charge in [-0.3, -0.25) is 10.1 Å². The molecule has 1 unspecified atom stereocenters. The van der Waals surface area contributed by atoms with Gasteiger partial charge in [0.1, 0.15) is 5.54 Å². The molecular weight excluding hydrogens is 226 g/mol. The van der Waals surface area contributed by atoms with E-state index in [0.717, 1.165) is 32.5 Å². The normalized spacial score (nSPS) is 40.9. The first-order valence-electron chi connectivity index (χ1n) is 7.51. The van der Waals surface area contributed by atoms with Crippen molar-refractivity contribution in [2.45, 2.75) is 56.5 Å². The summed E-state index contributed by atoms with van der Waals surface area (Å²) >= 11 is 0. The topological polar surface area (TPSA) is 58.4 Å². The van der Waals surface area contributed by atoms with Gasteiger partial charge in [-0.2, -0.15) is 0 Å². The van der Waals surface area contributed by atoms with E-state index in [2.05, 4.69) is 10.2 Å². The maximum absolute atomic E-state index is 12.1. The number of nitrogens with zero attached hydrogens (tertiary/aromatic N) is 1. The summed E-state index contributed by atoms with van der Waals surface area (Å²) in [6.45, 7) is 3.13. The van der Waals surface area contributed by atoms with Crippen LogP contribution in [0.1, 0.15) is 44.9 Å². The maximum Gasteiger partial charge on any atom is 0.239 e. The molecule has 4 heteroatoms. The fourth-order valence-corrected chi connectivity index (χ4v) is 4.19. The lowest BCUT2D eigenvalue weighted by atomic mass is 9.71. The molecule has 0 aromatic carbocycles. The molecule has 1 aliphatic carbocycles. The first kappa shape index (κ1) is 12.4. The first-order valence-corrected chi connectivity index (χ1v) is 7.51. The van der Waals surface area contributed by atoms with Crippen molar-refractivity contribution in [3.8, 4) is 0 Å². The molecular formula is C14H25N3O. The zero-order chi connectivity index (χ0) is 12.6. The highest BCUT2D eigenvalue weighted by Gasteiger charge is 2.51. The van der Waals surface area contributed by atoms with E-state index < -0.39 is 5.54 Å². The molecule has 18 heavy (non-hydrogen) atoms. The molecule has 3 aliphatic heterocycles. The van der Waals surface area contributed by atoms with Crippen molar-refractivity contribution in [3.63, 3.8) is 0 Å². The Bertz CT molecular complexity index is 319. The number of hydrogen-bond acceptors (Lipinski definition) is 3. The van der Waals surface area contributed by atoms with E-state index in [1.807, 2.05) is 0 Å². The summed E-state index contributed by atoms with van der Waals surface area (Å²) in [6, 6.07) is 0.506. The SMILES string of the molecule is NC(=O)C1(NC2CCCCC2)CN2CCC1CC2. The molecule has 4 fully saturated rings. The Hall–Kier alpha value is -0.610. The van der Waals surface area contributed by atoms with Crippen molar-refractivity contribution in [1.29, 1.82) is 0 Å². The lowest BCUT2D eigenvalue weighted by Gasteiger charge is -2.53. The second-order valence-electron chi connectivity index (χ2n) is 6.37. The first-order chi connectivity index (χ1) is 8.71. The van der Waals surface area contributed by atoms with Gasteiger partial charge >= 0.3 is 0 Å². The monoisotopic (exact) mass is 251 g/mol. The van der Waals surface area contributed by atoms with Crippen LogP contribution in [-0.2, 0) is 4.79 Å². The van der Waals surface area contributed by atoms with Gasteiger partial charge in [0.05, 0.1) is 0 Å². The van der Waals surface area contributed by atoms with Crippen LogP contribution < -0.4 is 11.1 Å². The Labute approximate surface area is 109 Å². The Morgan fingerprint density at radius 3 is 2.28 bits per heavy atom. The molecule has 1 atom stereocenters. The van der Waals surface area contributed by atoms with Gasteiger partial charge in [0.2, 0.25) is 5.91 Å². The van der Waals surface area contributed by atoms with E-state index in [9.17, 15) is 4.79 Å². The summed E-state index contributed by atoms with van der Waals surface area (Å²) in [5.41, 5.74) is 5.35. The fourth-order valence-electron chi connectivity index (χ4n) is 4.19. The fraction of sp³-hybridized carbons (Fsp3) is 0.929. The van der Waals surface area contributed by atoms with Crippen LogP contribution in [0.3, 0.4) is 0 Å². The minimum atomic E-state index is -0.432. The molecule has 3 saturated heterocycles. The van der Waals surface area contributed by atoms with Crippen LogP contribution in [0.2, 0.25) is 0 Å². The number of hydrogen-bond donors (Lipinski definition) is 2. The number of nitrogens with two attached hydrogens (primary N) is 1. The van der Waals surface area contributed by atoms with Crippen molar-refractivity contribution < 1.29 is 4.79 Å². The molecule has 4 nitrogen and oxygen atoms in total. The van der Waals surface area contributed by atoms with Crippen LogP contribution >= 0.6 is 0 Å². The van der Waals surface area contributed by atoms with Gasteiger partial charge in [0, 0.05) is 12.6 Å². The Morgan fingerprint density at radius 1 is 1.11 bits per heavy atom. The molecule has 3 N–H and O–H groups in total. The van der Waals surface area contributed by atoms with Crippen molar-refractivity contribution >= 4 is 5.91 Å². The second kappa shape index (κ2) is 4.82. The number of amides is 1. The molecule has 0 radical (unpaired) electrons. The van der Waals surface area contributed by atoms with Gasteiger partial charge in [-0.05, 0) is 44.7 Å². The van der Waals surface area contributed by atoms with E-state index in [4.69, 9.17) is 5.73 Å². The molecule has 0 aromatic heterocycles. The zero-order valence-electron chi connectivity index (χ0n) is 11.2. The van der Waals surface area contributed by atoms with Gasteiger partial charge in [-0.15, -0.1) is 0 Å². The third kappa shape index (κ3) is 2.05. The minimum Gasteiger partial charge on any atom is -0.368 e. The number of carbonyl (C=O) groups excluding carboxylic acids is 1. The number of primary amides is 1. The predicted octanol–water partition coefficient (Wildman–Crippen LogP) is 0.858. The van der Waals surface area contributed by atoms with Crippen LogP contribution in [-0.4, -0.2) is 42.0 Å². The minimum absolute atomic E-state index is 0.123. The summed E-state index contributed by atoms with van der Waals surface area (Å²) in [4.78, 5) is 14.5. The van der Waals surface area contributed by atoms with Crippen molar-refractivity contribution in [2.24, 2.45) is 11.7 Å². The van der Waals surface area contributed by atoms with E-state index in [1.165, 1.54) is 32.1 Å². The summed E-state index contributed by atoms with van der Waals surface area (Å²) in [6.07, 6.45) is 8.61. The van der Waals surface area contributed by atoms with Gasteiger partial charge < -0.3 is 10.6 Å². The molecule has 0 spiro atoms. The Morgan fingerprint density at radius 2 is 1.78 bits per heavy atom. The van der Waals surface area contributed by atoms with E-state index in [0.29, 0.717) is 12.0 Å². The van der Waals surface area contributed by atoms with Crippen LogP contribution in [0.5, 0.6) is 0 Å². The summed E-state index contributed by atoms with van der Waals surface area (Å²) in [5.74, 6) is 0.337. The van der Waals surface area contributed by atoms with E-state index in [-0.39, 0.29) is 5.91 Å². The molecule has 4 rings (SSSR count). The standard InChI is InChI=1S/C14H25N3O/c15-13(18)14(16-12-4-2-1-3-5-12)10-17-8-6-11(14)7-9-17/h11-12,16H,1-10H2,(H2,15,18). The van der Waals surface area contributed by atoms with E-state index >= 15 is 0 Å². The summed E-state index contributed by atoms with van der Waals surface area (Å²) in [7, 11) is 0. The van der Waals surface area contributed by atoms with Gasteiger partial charge in [0.25, 0.3) is 0 Å². The smallest absolute Gasteiger partial charge is 0.239 e. The largest absolute Gasteiger partial charge is 0.368 e. The average molecular weight is 251 g/mol. The Kier molecular flexibility index (Phi) is 3.32. The van der Waals surface area contributed by atoms with Crippen molar-refractivity contribution in [2.75, 3.05) is 19.6 Å². The highest BCUT2D eigenvalue weighted by molar-refractivity contribution is 5.86. The quantitative estimate of drug-likeness (QED) is 0.782. The maximum atomic E-state index is 12.1. The molecule has 0 aromatic rings. The van der Waals surface area contributed by atoms with Crippen LogP contribution in [0.4, 0.5) is 0 Å². The van der Waals surface area contributed by atoms with Gasteiger partial charge in [0.15, 0.2) is 0 Å². The summed E-state index contributed by atoms with van der Waals surface area (Å²) in [5, 5.41) is 3.69. The molecule has 3 heterocycles. The van der Waals surface area contributed by atoms with Gasteiger partial charge in [-0.25, -0.2) is 0 Å². The molecule has 2 bridgehead atoms. The predicted molar refractivity (Wildman–Crippen MR) is 71.1 cm³/mol. The number of rotatable bonds is 3. The van der Waals surface area contributed by atoms with Crippen molar-refractivity contribution in [1.82, 2.24) is 10.2 Å². The molecule has 1 saturated carbocycles. The highest BCUT2D eigenvalue weighted by atomic mass is 16.1. The van der Waals surface area contributed by atoms with Crippen LogP contribution in [0, 0.1) is 5.92 Å². The molecule has 4 aliphatic rings. The number of carbonyl (C=O) groups is 1. The number of fused-ring (bicyclic) bond motifs is 3. The Balaban J connectivity index is 1.76. The lowest BCUT2D eigenvalue weighted by Crippen LogP contribution is -2.73. The molecule has 1 amide bonds. The van der Waals surface area contributed by atoms with Crippen LogP contribution in [0.15, 0.2) is 0 Å². The highest BCUT2D eigenvalue weighted by Crippen LogP contribution is 2.37. The van der Waals surface area contributed by atoms with Gasteiger partial charge in [-0.1, -0.05) is 19.3 Å². The van der Waals surface area contributed by atoms with Crippen LogP contribution in [0.25, 0.3) is 0 Å². The summed E-state index contributed by atoms with van der Waals surface area (Å²) < 4.78 is 0. The number of piperidine rings is 3. The third-order valence-corrected chi connectivity index (χ3v) is 5.26. The van der Waals surface area contributed by atoms with E-state index in [1.54, 1.807) is 0 Å². The third-order valence-electron chi connectivity index (χ3n) is 5.26. The lowest BCUT2D eigenvalue weighted by molar-refractivity contribution is -0.134. The number of nitrogens with one attached hydrogen (secondary N) is 1. The molecule has 102 valence electrons. The zero-order valence-corrected chi connectivity index (χ0v) is 11.2. The average Bonchev–Trinajstić information content (AvgIpc) is 2.41. The second-order valence-corrected chi connectivity index (χ2v) is 6.37. The van der Waals surface area contributed by atoms with Crippen molar-refractivity contribution in [3.05, 3.63) is 0 Å².